The van der Waals surface area contributed by atoms with Gasteiger partial charge in [-0.1, -0.05) is 11.6 Å². The van der Waals surface area contributed by atoms with Crippen LogP contribution in [0.15, 0.2) is 30.5 Å². The van der Waals surface area contributed by atoms with Gasteiger partial charge in [0.1, 0.15) is 5.82 Å². The summed E-state index contributed by atoms with van der Waals surface area (Å²) in [5.74, 6) is 1.01. The van der Waals surface area contributed by atoms with Crippen molar-refractivity contribution < 1.29 is 13.2 Å². The molecule has 10 nitrogen and oxygen atoms in total. The molecule has 1 fully saturated rings. The fourth-order valence-electron chi connectivity index (χ4n) is 4.31. The molecule has 0 aliphatic carbocycles. The number of rotatable bonds is 7. The van der Waals surface area contributed by atoms with Crippen molar-refractivity contribution in [3.05, 3.63) is 52.3 Å². The highest BCUT2D eigenvalue weighted by Gasteiger charge is 2.26. The number of hydrogen-bond acceptors (Lipinski definition) is 7. The molecule has 1 aromatic carbocycles. The van der Waals surface area contributed by atoms with Gasteiger partial charge in [-0.3, -0.25) is 9.52 Å². The zero-order valence-electron chi connectivity index (χ0n) is 20.6. The molecule has 1 amide bonds. The third kappa shape index (κ3) is 5.86. The van der Waals surface area contributed by atoms with Crippen LogP contribution in [-0.4, -0.2) is 66.8 Å². The third-order valence-corrected chi connectivity index (χ3v) is 7.21. The monoisotopic (exact) mass is 555 g/mol. The Hall–Kier alpha value is -2.60. The van der Waals surface area contributed by atoms with Crippen LogP contribution in [0.4, 0.5) is 11.5 Å². The lowest BCUT2D eigenvalue weighted by Crippen LogP contribution is -2.31. The van der Waals surface area contributed by atoms with Gasteiger partial charge in [-0.2, -0.15) is 5.10 Å². The first kappa shape index (κ1) is 28.0. The molecule has 0 bridgehead atoms. The van der Waals surface area contributed by atoms with Gasteiger partial charge in [0.15, 0.2) is 5.65 Å². The van der Waals surface area contributed by atoms with Crippen LogP contribution in [0.3, 0.4) is 0 Å². The second-order valence-electron chi connectivity index (χ2n) is 9.11. The summed E-state index contributed by atoms with van der Waals surface area (Å²) < 4.78 is 27.6. The molecular formula is C23H31Cl2N7O3S. The Kier molecular flexibility index (Phi) is 8.39. The van der Waals surface area contributed by atoms with Gasteiger partial charge in [0.05, 0.1) is 29.2 Å². The van der Waals surface area contributed by atoms with Gasteiger partial charge in [-0.05, 0) is 50.9 Å². The molecule has 1 saturated heterocycles. The zero-order valence-corrected chi connectivity index (χ0v) is 23.0. The van der Waals surface area contributed by atoms with Crippen molar-refractivity contribution >= 4 is 57.1 Å². The van der Waals surface area contributed by atoms with E-state index in [4.69, 9.17) is 22.3 Å². The third-order valence-electron chi connectivity index (χ3n) is 6.38. The molecule has 13 heteroatoms. The smallest absolute Gasteiger partial charge is 0.256 e. The second-order valence-corrected chi connectivity index (χ2v) is 11.3. The predicted octanol–water partition coefficient (Wildman–Crippen LogP) is 3.10. The van der Waals surface area contributed by atoms with Gasteiger partial charge < -0.3 is 15.5 Å². The quantitative estimate of drug-likeness (QED) is 0.458. The molecule has 36 heavy (non-hydrogen) atoms. The van der Waals surface area contributed by atoms with Crippen LogP contribution in [0.25, 0.3) is 5.65 Å². The van der Waals surface area contributed by atoms with E-state index in [1.807, 2.05) is 26.1 Å². The largest absolute Gasteiger partial charge is 0.356 e. The molecule has 0 unspecified atom stereocenters. The molecule has 1 aliphatic rings. The van der Waals surface area contributed by atoms with Gasteiger partial charge in [-0.15, -0.1) is 12.4 Å². The van der Waals surface area contributed by atoms with E-state index in [-0.39, 0.29) is 23.7 Å². The summed E-state index contributed by atoms with van der Waals surface area (Å²) in [5.41, 5.74) is 8.52. The number of benzene rings is 1. The van der Waals surface area contributed by atoms with Gasteiger partial charge in [-0.25, -0.2) is 17.9 Å². The first-order valence-corrected chi connectivity index (χ1v) is 13.6. The molecule has 2 aromatic heterocycles. The topological polar surface area (TPSA) is 126 Å². The molecule has 3 aromatic rings. The fraction of sp³-hybridized carbons (Fsp3) is 0.435. The summed E-state index contributed by atoms with van der Waals surface area (Å²) in [6, 6.07) is 5.90. The highest BCUT2D eigenvalue weighted by Crippen LogP contribution is 2.29. The number of aromatic nitrogens is 3. The zero-order chi connectivity index (χ0) is 25.5. The normalized spacial score (nSPS) is 16.6. The molecule has 196 valence electrons. The molecule has 0 saturated carbocycles. The van der Waals surface area contributed by atoms with E-state index in [0.717, 1.165) is 37.1 Å². The number of carbonyl (C=O) groups is 1. The lowest BCUT2D eigenvalue weighted by molar-refractivity contribution is 0.0740. The average Bonchev–Trinajstić information content (AvgIpc) is 3.44. The maximum Gasteiger partial charge on any atom is 0.256 e. The SMILES string of the molecule is Cc1cn2nc([C@H](C)N(C)C(=O)c3cc(Cl)ccc3NS(C)(=O)=O)cc2nc1N1CC[C@H](CN)C1.Cl. The molecular weight excluding hydrogens is 525 g/mol. The van der Waals surface area contributed by atoms with Crippen molar-refractivity contribution in [1.82, 2.24) is 19.5 Å². The molecule has 3 N–H and O–H groups in total. The van der Waals surface area contributed by atoms with Crippen molar-refractivity contribution in [3.63, 3.8) is 0 Å². The van der Waals surface area contributed by atoms with Crippen LogP contribution in [0.5, 0.6) is 0 Å². The van der Waals surface area contributed by atoms with Gasteiger partial charge in [0, 0.05) is 43.0 Å². The molecule has 3 heterocycles. The van der Waals surface area contributed by atoms with Crippen LogP contribution in [-0.2, 0) is 10.0 Å². The van der Waals surface area contributed by atoms with E-state index < -0.39 is 22.0 Å². The van der Waals surface area contributed by atoms with E-state index in [0.29, 0.717) is 28.8 Å². The fourth-order valence-corrected chi connectivity index (χ4v) is 5.06. The van der Waals surface area contributed by atoms with E-state index in [9.17, 15) is 13.2 Å². The second kappa shape index (κ2) is 10.8. The maximum absolute atomic E-state index is 13.3. The maximum atomic E-state index is 13.3. The van der Waals surface area contributed by atoms with E-state index >= 15 is 0 Å². The van der Waals surface area contributed by atoms with Crippen LogP contribution < -0.4 is 15.4 Å². The number of anilines is 2. The summed E-state index contributed by atoms with van der Waals surface area (Å²) in [6.07, 6.45) is 4.02. The van der Waals surface area contributed by atoms with Crippen LogP contribution in [0, 0.1) is 12.8 Å². The van der Waals surface area contributed by atoms with Crippen molar-refractivity contribution in [3.8, 4) is 0 Å². The Morgan fingerprint density at radius 3 is 2.72 bits per heavy atom. The molecule has 4 rings (SSSR count). The number of aryl methyl sites for hydroxylation is 1. The summed E-state index contributed by atoms with van der Waals surface area (Å²) in [6.45, 7) is 6.34. The van der Waals surface area contributed by atoms with Crippen molar-refractivity contribution in [2.45, 2.75) is 26.3 Å². The molecule has 1 aliphatic heterocycles. The summed E-state index contributed by atoms with van der Waals surface area (Å²) in [4.78, 5) is 21.9. The van der Waals surface area contributed by atoms with Crippen molar-refractivity contribution in [1.29, 1.82) is 0 Å². The average molecular weight is 557 g/mol. The molecule has 0 spiro atoms. The Bertz CT molecular complexity index is 1380. The van der Waals surface area contributed by atoms with Crippen LogP contribution >= 0.6 is 24.0 Å². The standard InChI is InChI=1S/C23H30ClN7O3S.ClH/c1-14-12-31-21(26-22(14)30-8-7-16(11-25)13-30)10-20(27-31)15(2)29(3)23(32)18-9-17(24)5-6-19(18)28-35(4,33)34;/h5-6,9-10,12,15-16,28H,7-8,11,13,25H2,1-4H3;1H/t15-,16+;/m0./s1. The first-order chi connectivity index (χ1) is 16.5. The molecule has 2 atom stereocenters. The van der Waals surface area contributed by atoms with E-state index in [1.165, 1.54) is 23.1 Å². The van der Waals surface area contributed by atoms with E-state index in [2.05, 4.69) is 14.7 Å². The van der Waals surface area contributed by atoms with Crippen LogP contribution in [0.1, 0.15) is 41.0 Å². The number of nitrogens with one attached hydrogen (secondary N) is 1. The van der Waals surface area contributed by atoms with E-state index in [1.54, 1.807) is 11.6 Å². The van der Waals surface area contributed by atoms with Crippen LogP contribution in [0.2, 0.25) is 5.02 Å². The number of amides is 1. The minimum absolute atomic E-state index is 0. The Morgan fingerprint density at radius 2 is 2.08 bits per heavy atom. The van der Waals surface area contributed by atoms with Gasteiger partial charge >= 0.3 is 0 Å². The van der Waals surface area contributed by atoms with Crippen molar-refractivity contribution in [2.24, 2.45) is 11.7 Å². The Morgan fingerprint density at radius 1 is 1.36 bits per heavy atom. The predicted molar refractivity (Wildman–Crippen MR) is 145 cm³/mol. The number of fused-ring (bicyclic) bond motifs is 1. The van der Waals surface area contributed by atoms with Gasteiger partial charge in [0.25, 0.3) is 5.91 Å². The highest BCUT2D eigenvalue weighted by atomic mass is 35.5. The number of nitrogens with zero attached hydrogens (tertiary/aromatic N) is 5. The summed E-state index contributed by atoms with van der Waals surface area (Å²) >= 11 is 6.11. The van der Waals surface area contributed by atoms with Crippen molar-refractivity contribution in [2.75, 3.05) is 42.6 Å². The number of sulfonamides is 1. The Labute approximate surface area is 222 Å². The number of nitrogens with two attached hydrogens (primary N) is 1. The number of hydrogen-bond donors (Lipinski definition) is 2. The molecule has 0 radical (unpaired) electrons. The lowest BCUT2D eigenvalue weighted by atomic mass is 10.1. The minimum Gasteiger partial charge on any atom is -0.356 e. The Balaban J connectivity index is 0.00000361. The number of carbonyl (C=O) groups excluding carboxylic acids is 1. The summed E-state index contributed by atoms with van der Waals surface area (Å²) in [7, 11) is -1.94. The highest BCUT2D eigenvalue weighted by molar-refractivity contribution is 7.92. The minimum atomic E-state index is -3.58. The number of halogens is 2. The lowest BCUT2D eigenvalue weighted by Gasteiger charge is -2.24. The first-order valence-electron chi connectivity index (χ1n) is 11.3. The van der Waals surface area contributed by atoms with Gasteiger partial charge in [0.2, 0.25) is 10.0 Å². The summed E-state index contributed by atoms with van der Waals surface area (Å²) in [5, 5.41) is 4.98.